The van der Waals surface area contributed by atoms with E-state index in [4.69, 9.17) is 4.74 Å². The predicted octanol–water partition coefficient (Wildman–Crippen LogP) is 6.12. The van der Waals surface area contributed by atoms with Crippen LogP contribution in [-0.2, 0) is 16.6 Å². The first kappa shape index (κ1) is 24.7. The van der Waals surface area contributed by atoms with E-state index in [1.54, 1.807) is 24.7 Å². The molecule has 11 heteroatoms. The third-order valence-corrected chi connectivity index (χ3v) is 7.65. The minimum absolute atomic E-state index is 0.00256. The Hall–Kier alpha value is -4.64. The van der Waals surface area contributed by atoms with Gasteiger partial charge in [0.1, 0.15) is 17.0 Å². The van der Waals surface area contributed by atoms with Crippen LogP contribution in [0.2, 0.25) is 0 Å². The number of nitrogens with one attached hydrogen (secondary N) is 2. The summed E-state index contributed by atoms with van der Waals surface area (Å²) < 4.78 is 37.5. The number of aryl methyl sites for hydroxylation is 1. The minimum Gasteiger partial charge on any atom is -0.453 e. The number of aromatic nitrogens is 3. The molecule has 0 radical (unpaired) electrons. The molecule has 2 N–H and O–H groups in total. The molecule has 0 atom stereocenters. The van der Waals surface area contributed by atoms with Gasteiger partial charge in [-0.2, -0.15) is 0 Å². The molecule has 39 heavy (non-hydrogen) atoms. The highest BCUT2D eigenvalue weighted by Gasteiger charge is 2.56. The van der Waals surface area contributed by atoms with Crippen molar-refractivity contribution in [1.29, 1.82) is 0 Å². The Bertz CT molecular complexity index is 1740. The highest BCUT2D eigenvalue weighted by atomic mass is 32.1. The van der Waals surface area contributed by atoms with Crippen LogP contribution in [0.25, 0.3) is 20.8 Å². The number of benzene rings is 2. The lowest BCUT2D eigenvalue weighted by Gasteiger charge is -2.16. The number of anilines is 2. The molecule has 1 saturated carbocycles. The fraction of sp³-hybridized carbons (Fsp3) is 0.143. The van der Waals surface area contributed by atoms with E-state index in [0.717, 1.165) is 21.3 Å². The number of rotatable bonds is 7. The van der Waals surface area contributed by atoms with Crippen LogP contribution in [0.1, 0.15) is 12.8 Å². The van der Waals surface area contributed by atoms with Crippen molar-refractivity contribution in [2.45, 2.75) is 12.8 Å². The summed E-state index contributed by atoms with van der Waals surface area (Å²) in [6.07, 6.45) is 5.80. The molecule has 8 nitrogen and oxygen atoms in total. The van der Waals surface area contributed by atoms with E-state index in [0.29, 0.717) is 24.1 Å². The number of fused-ring (bicyclic) bond motifs is 1. The van der Waals surface area contributed by atoms with Gasteiger partial charge in [-0.25, -0.2) is 13.8 Å². The Morgan fingerprint density at radius 1 is 0.974 bits per heavy atom. The predicted molar refractivity (Wildman–Crippen MR) is 144 cm³/mol. The van der Waals surface area contributed by atoms with Crippen molar-refractivity contribution in [1.82, 2.24) is 14.5 Å². The van der Waals surface area contributed by atoms with E-state index < -0.39 is 28.9 Å². The number of imidazole rings is 1. The lowest BCUT2D eigenvalue weighted by molar-refractivity contribution is -0.131. The maximum Gasteiger partial charge on any atom is 0.240 e. The Kier molecular flexibility index (Phi) is 6.07. The fourth-order valence-electron chi connectivity index (χ4n) is 4.18. The van der Waals surface area contributed by atoms with Crippen LogP contribution in [0, 0.1) is 17.0 Å². The Labute approximate surface area is 225 Å². The molecule has 1 aliphatic rings. The van der Waals surface area contributed by atoms with Crippen molar-refractivity contribution in [2.24, 2.45) is 12.5 Å². The number of ether oxygens (including phenoxy) is 1. The van der Waals surface area contributed by atoms with Gasteiger partial charge in [-0.05, 0) is 43.2 Å². The summed E-state index contributed by atoms with van der Waals surface area (Å²) >= 11 is 1.44. The van der Waals surface area contributed by atoms with E-state index in [2.05, 4.69) is 20.6 Å². The molecule has 1 aliphatic carbocycles. The minimum atomic E-state index is -1.33. The van der Waals surface area contributed by atoms with Crippen LogP contribution in [0.4, 0.5) is 20.2 Å². The van der Waals surface area contributed by atoms with Crippen molar-refractivity contribution < 1.29 is 23.1 Å². The maximum atomic E-state index is 15.0. The summed E-state index contributed by atoms with van der Waals surface area (Å²) in [7, 11) is 1.89. The molecule has 2 amide bonds. The van der Waals surface area contributed by atoms with Crippen molar-refractivity contribution in [3.63, 3.8) is 0 Å². The van der Waals surface area contributed by atoms with Gasteiger partial charge >= 0.3 is 0 Å². The zero-order valence-electron chi connectivity index (χ0n) is 20.6. The molecule has 0 saturated heterocycles. The zero-order chi connectivity index (χ0) is 27.1. The third kappa shape index (κ3) is 4.72. The lowest BCUT2D eigenvalue weighted by atomic mass is 10.0. The van der Waals surface area contributed by atoms with Crippen LogP contribution in [0.5, 0.6) is 11.5 Å². The number of carbonyl (C=O) groups excluding carboxylic acids is 2. The molecule has 0 spiro atoms. The topological polar surface area (TPSA) is 98.1 Å². The zero-order valence-corrected chi connectivity index (χ0v) is 21.4. The molecule has 0 bridgehead atoms. The number of halogens is 2. The van der Waals surface area contributed by atoms with Crippen molar-refractivity contribution in [3.8, 4) is 22.1 Å². The van der Waals surface area contributed by atoms with Crippen molar-refractivity contribution in [3.05, 3.63) is 85.0 Å². The van der Waals surface area contributed by atoms with Crippen molar-refractivity contribution >= 4 is 44.7 Å². The Balaban J connectivity index is 1.17. The highest BCUT2D eigenvalue weighted by Crippen LogP contribution is 2.48. The lowest BCUT2D eigenvalue weighted by Crippen LogP contribution is -2.35. The molecular formula is C28H21F2N5O3S. The molecule has 0 unspecified atom stereocenters. The van der Waals surface area contributed by atoms with Gasteiger partial charge in [0, 0.05) is 37.3 Å². The molecule has 3 aromatic heterocycles. The molecule has 1 fully saturated rings. The van der Waals surface area contributed by atoms with Gasteiger partial charge < -0.3 is 19.9 Å². The van der Waals surface area contributed by atoms with Crippen LogP contribution >= 0.6 is 11.3 Å². The molecule has 2 aromatic carbocycles. The van der Waals surface area contributed by atoms with E-state index in [9.17, 15) is 14.0 Å². The first-order chi connectivity index (χ1) is 18.8. The number of nitrogens with zero attached hydrogens (tertiary/aromatic N) is 3. The number of hydrogen-bond donors (Lipinski definition) is 2. The summed E-state index contributed by atoms with van der Waals surface area (Å²) in [6.45, 7) is 0. The molecule has 3 heterocycles. The van der Waals surface area contributed by atoms with Gasteiger partial charge in [-0.3, -0.25) is 14.6 Å². The first-order valence-electron chi connectivity index (χ1n) is 12.0. The average molecular weight is 546 g/mol. The second kappa shape index (κ2) is 9.59. The number of hydrogen-bond acceptors (Lipinski definition) is 6. The van der Waals surface area contributed by atoms with Gasteiger partial charge in [-0.1, -0.05) is 12.1 Å². The van der Waals surface area contributed by atoms with Gasteiger partial charge in [0.15, 0.2) is 11.6 Å². The standard InChI is InChI=1S/C28H21F2N5O3S/c1-35-14-21(32-15-35)24-13-20-25(39-24)23(8-11-31-20)38-22-7-6-16(12-18(22)30)33-26(36)28(9-10-28)27(37)34-19-5-3-2-4-17(19)29/h2-8,11-15H,9-10H2,1H3,(H,33,36)(H,34,37). The van der Waals surface area contributed by atoms with E-state index in [-0.39, 0.29) is 17.1 Å². The van der Waals surface area contributed by atoms with Gasteiger partial charge in [-0.15, -0.1) is 11.3 Å². The van der Waals surface area contributed by atoms with Crippen LogP contribution in [0.15, 0.2) is 73.3 Å². The van der Waals surface area contributed by atoms with E-state index in [1.165, 1.54) is 41.7 Å². The number of carbonyl (C=O) groups is 2. The average Bonchev–Trinajstić information content (AvgIpc) is 3.44. The maximum absolute atomic E-state index is 15.0. The van der Waals surface area contributed by atoms with Gasteiger partial charge in [0.2, 0.25) is 11.8 Å². The van der Waals surface area contributed by atoms with Crippen LogP contribution in [0.3, 0.4) is 0 Å². The van der Waals surface area contributed by atoms with Crippen LogP contribution in [-0.4, -0.2) is 26.3 Å². The monoisotopic (exact) mass is 545 g/mol. The summed E-state index contributed by atoms with van der Waals surface area (Å²) in [5.41, 5.74) is 0.334. The highest BCUT2D eigenvalue weighted by molar-refractivity contribution is 7.22. The second-order valence-electron chi connectivity index (χ2n) is 9.28. The van der Waals surface area contributed by atoms with E-state index in [1.807, 2.05) is 23.9 Å². The number of amides is 2. The fourth-order valence-corrected chi connectivity index (χ4v) is 5.21. The Morgan fingerprint density at radius 3 is 2.49 bits per heavy atom. The largest absolute Gasteiger partial charge is 0.453 e. The van der Waals surface area contributed by atoms with Gasteiger partial charge in [0.05, 0.1) is 32.8 Å². The number of pyridine rings is 1. The molecule has 5 aromatic rings. The quantitative estimate of drug-likeness (QED) is 0.240. The van der Waals surface area contributed by atoms with Crippen molar-refractivity contribution in [2.75, 3.05) is 10.6 Å². The molecular weight excluding hydrogens is 524 g/mol. The first-order valence-corrected chi connectivity index (χ1v) is 12.9. The molecule has 0 aliphatic heterocycles. The third-order valence-electron chi connectivity index (χ3n) is 6.48. The molecule has 6 rings (SSSR count). The van der Waals surface area contributed by atoms with Gasteiger partial charge in [0.25, 0.3) is 0 Å². The molecule has 196 valence electrons. The smallest absolute Gasteiger partial charge is 0.240 e. The second-order valence-corrected chi connectivity index (χ2v) is 10.3. The summed E-state index contributed by atoms with van der Waals surface area (Å²) in [5.74, 6) is -2.08. The summed E-state index contributed by atoms with van der Waals surface area (Å²) in [4.78, 5) is 35.4. The number of para-hydroxylation sites is 1. The normalized spacial score (nSPS) is 13.7. The Morgan fingerprint density at radius 2 is 1.77 bits per heavy atom. The van der Waals surface area contributed by atoms with E-state index >= 15 is 4.39 Å². The number of thiophene rings is 1. The van der Waals surface area contributed by atoms with Crippen LogP contribution < -0.4 is 15.4 Å². The summed E-state index contributed by atoms with van der Waals surface area (Å²) in [6, 6.07) is 13.3. The SMILES string of the molecule is Cn1cnc(-c2cc3nccc(Oc4ccc(NC(=O)C5(C(=O)Nc6ccccc6F)CC5)cc4F)c3s2)c1. The summed E-state index contributed by atoms with van der Waals surface area (Å²) in [5, 5.41) is 5.08.